The zero-order valence-electron chi connectivity index (χ0n) is 76.3. The van der Waals surface area contributed by atoms with E-state index in [0.717, 1.165) is 13.8 Å². The summed E-state index contributed by atoms with van der Waals surface area (Å²) in [5.41, 5.74) is -8.55. The van der Waals surface area contributed by atoms with Crippen LogP contribution in [0.3, 0.4) is 0 Å². The zero-order chi connectivity index (χ0) is 89.8. The van der Waals surface area contributed by atoms with E-state index in [0.29, 0.717) is 98.6 Å². The second-order valence-corrected chi connectivity index (χ2v) is 37.1. The fourth-order valence-electron chi connectivity index (χ4n) is 16.5. The second kappa shape index (κ2) is 32.5. The quantitative estimate of drug-likeness (QED) is 0.0690. The van der Waals surface area contributed by atoms with Crippen molar-refractivity contribution in [2.75, 3.05) is 27.3 Å². The number of esters is 2. The van der Waals surface area contributed by atoms with Crippen molar-refractivity contribution in [3.05, 3.63) is 72.8 Å². The average Bonchev–Trinajstić information content (AvgIpc) is 1.56. The number of methoxy groups -OCH3 is 2. The molecule has 0 spiro atoms. The molecule has 14 atom stereocenters. The van der Waals surface area contributed by atoms with E-state index in [1.807, 2.05) is 52.0 Å². The number of hydrogen-bond donors (Lipinski definition) is 2. The Morgan fingerprint density at radius 3 is 1.23 bits per heavy atom. The van der Waals surface area contributed by atoms with Gasteiger partial charge in [0.05, 0.1) is 106 Å². The molecule has 28 heteroatoms. The van der Waals surface area contributed by atoms with Crippen LogP contribution in [0.4, 0.5) is 0 Å². The predicted octanol–water partition coefficient (Wildman–Crippen LogP) is 11.4. The number of carbonyl (C=O) groups is 8. The van der Waals surface area contributed by atoms with Gasteiger partial charge in [0, 0.05) is 42.1 Å². The number of Topliss-reactive ketones (excluding diaryl/α,β-unsaturated/α-hetero) is 2. The van der Waals surface area contributed by atoms with Crippen molar-refractivity contribution in [3.8, 4) is 23.5 Å². The van der Waals surface area contributed by atoms with E-state index in [1.165, 1.54) is 24.0 Å². The van der Waals surface area contributed by atoms with E-state index in [-0.39, 0.29) is 87.0 Å². The van der Waals surface area contributed by atoms with E-state index >= 15 is 9.59 Å². The minimum atomic E-state index is -4.05. The van der Waals surface area contributed by atoms with Gasteiger partial charge < -0.3 is 38.2 Å². The Balaban J connectivity index is 0.000000238. The van der Waals surface area contributed by atoms with Crippen LogP contribution in [0.1, 0.15) is 228 Å². The monoisotopic (exact) mass is 1570 g/mol. The molecule has 2 N–H and O–H groups in total. The number of nitrogens with one attached hydrogen (secondary N) is 2. The summed E-state index contributed by atoms with van der Waals surface area (Å²) in [6, 6.07) is 11.8. The molecular formula is C82H112N8O18S2. The highest BCUT2D eigenvalue weighted by Crippen LogP contribution is 2.59. The van der Waals surface area contributed by atoms with Gasteiger partial charge in [-0.25, -0.2) is 16.8 Å². The first-order valence-corrected chi connectivity index (χ1v) is 41.3. The lowest BCUT2D eigenvalue weighted by Gasteiger charge is -2.33. The van der Waals surface area contributed by atoms with E-state index < -0.39 is 199 Å². The van der Waals surface area contributed by atoms with Gasteiger partial charge in [0.2, 0.25) is 67.2 Å². The molecule has 4 aliphatic heterocycles. The molecule has 110 heavy (non-hydrogen) atoms. The van der Waals surface area contributed by atoms with Crippen LogP contribution in [0.15, 0.2) is 72.8 Å². The van der Waals surface area contributed by atoms with E-state index in [9.17, 15) is 45.6 Å². The molecule has 6 heterocycles. The maximum atomic E-state index is 15.2. The number of sulfonamides is 2. The largest absolute Gasteiger partial charge is 0.479 e. The van der Waals surface area contributed by atoms with Gasteiger partial charge >= 0.3 is 11.9 Å². The van der Waals surface area contributed by atoms with E-state index in [4.69, 9.17) is 44.9 Å². The Kier molecular flexibility index (Phi) is 20.0. The molecule has 8 aliphatic rings. The maximum Gasteiger partial charge on any atom is 0.307 e. The van der Waals surface area contributed by atoms with E-state index in [1.54, 1.807) is 62.4 Å². The molecule has 6 fully saturated rings. The van der Waals surface area contributed by atoms with Crippen molar-refractivity contribution in [2.24, 2.45) is 58.2 Å². The van der Waals surface area contributed by atoms with E-state index in [2.05, 4.69) is 29.8 Å². The minimum Gasteiger partial charge on any atom is -0.479 e. The fourth-order valence-corrected chi connectivity index (χ4v) is 19.1. The summed E-state index contributed by atoms with van der Waals surface area (Å²) in [6.07, 6.45) is 9.89. The molecule has 26 nitrogen and oxygen atoms in total. The summed E-state index contributed by atoms with van der Waals surface area (Å²) >= 11 is 0. The number of ketones is 2. The summed E-state index contributed by atoms with van der Waals surface area (Å²) in [5, 5.41) is 19.1. The highest BCUT2D eigenvalue weighted by atomic mass is 32.2. The standard InChI is InChI=1S/2C41H56N4O9S/c2*1-8-26-19-25(2)13-9-10-14-27-22-41(27,38(49)44-55(50,51)40(6)17-18-40)23-33(46)32-20-28(24-45(32)37(48)31(26)21-34(47)54-39(3,4)5)53-36-30-16-12-11-15-29(30)35(52-7)42-43-36/h2*10-12,14-16,25-28,31-32H,8-9,13,17-24H2,1-7H3,(H,44,49)/b2*14-10-/t25-,26+,27+,28+,31-,32-,41+;25-,26-,27-,28-,31+,32+,41-/m01/s1/i2*3D3,4D3. The molecule has 0 unspecified atom stereocenters. The molecule has 600 valence electrons. The molecule has 2 aromatic heterocycles. The summed E-state index contributed by atoms with van der Waals surface area (Å²) in [6.45, 7) is -0.801. The third kappa shape index (κ3) is 18.5. The van der Waals surface area contributed by atoms with Gasteiger partial charge in [0.1, 0.15) is 23.4 Å². The van der Waals surface area contributed by atoms with Crippen molar-refractivity contribution < 1.29 is 100 Å². The number of carbonyl (C=O) groups excluding carboxylic acids is 8. The Bertz CT molecular complexity index is 4630. The smallest absolute Gasteiger partial charge is 0.307 e. The lowest BCUT2D eigenvalue weighted by Crippen LogP contribution is -2.48. The highest BCUT2D eigenvalue weighted by molar-refractivity contribution is 7.92. The fraction of sp³-hybridized carbons (Fsp3) is 0.659. The number of hydrogen-bond acceptors (Lipinski definition) is 22. The molecule has 2 aromatic carbocycles. The molecule has 4 aliphatic carbocycles. The third-order valence-electron chi connectivity index (χ3n) is 23.9. The Morgan fingerprint density at radius 2 is 0.900 bits per heavy atom. The van der Waals surface area contributed by atoms with Gasteiger partial charge in [-0.15, -0.1) is 20.4 Å². The van der Waals surface area contributed by atoms with Gasteiger partial charge in [0.15, 0.2) is 11.6 Å². The predicted molar refractivity (Wildman–Crippen MR) is 411 cm³/mol. The normalized spacial score (nSPS) is 32.3. The number of aromatic nitrogens is 4. The van der Waals surface area contributed by atoms with Crippen LogP contribution < -0.4 is 28.4 Å². The van der Waals surface area contributed by atoms with Crippen molar-refractivity contribution in [2.45, 2.75) is 256 Å². The number of amides is 4. The molecule has 12 rings (SSSR count). The zero-order valence-corrected chi connectivity index (χ0v) is 65.9. The van der Waals surface area contributed by atoms with Crippen LogP contribution in [0.5, 0.6) is 23.5 Å². The second-order valence-electron chi connectivity index (χ2n) is 32.7. The molecule has 0 radical (unpaired) electrons. The Morgan fingerprint density at radius 1 is 0.555 bits per heavy atom. The molecule has 4 aromatic rings. The van der Waals surface area contributed by atoms with Gasteiger partial charge in [0.25, 0.3) is 0 Å². The average molecular weight is 1570 g/mol. The highest BCUT2D eigenvalue weighted by Gasteiger charge is 2.65. The summed E-state index contributed by atoms with van der Waals surface area (Å²) < 4.78 is 185. The number of rotatable bonds is 18. The number of nitrogens with zero attached hydrogens (tertiary/aromatic N) is 6. The Hall–Kier alpha value is -8.14. The van der Waals surface area contributed by atoms with Gasteiger partial charge in [-0.2, -0.15) is 0 Å². The van der Waals surface area contributed by atoms with Crippen LogP contribution in [0, 0.1) is 58.2 Å². The topological polar surface area (TPSA) is 342 Å². The van der Waals surface area contributed by atoms with Crippen LogP contribution in [-0.4, -0.2) is 166 Å². The van der Waals surface area contributed by atoms with Gasteiger partial charge in [-0.3, -0.25) is 47.8 Å². The first-order chi connectivity index (χ1) is 56.8. The van der Waals surface area contributed by atoms with Crippen LogP contribution >= 0.6 is 0 Å². The van der Waals surface area contributed by atoms with Crippen LogP contribution in [0.25, 0.3) is 21.5 Å². The molecule has 4 amide bonds. The van der Waals surface area contributed by atoms with Crippen molar-refractivity contribution in [1.29, 1.82) is 0 Å². The summed E-state index contributed by atoms with van der Waals surface area (Å²) in [4.78, 5) is 118. The van der Waals surface area contributed by atoms with Gasteiger partial charge in [-0.1, -0.05) is 89.1 Å². The lowest BCUT2D eigenvalue weighted by molar-refractivity contribution is -0.160. The third-order valence-corrected chi connectivity index (χ3v) is 28.2. The van der Waals surface area contributed by atoms with Crippen molar-refractivity contribution >= 4 is 88.7 Å². The number of benzene rings is 2. The number of ether oxygens (including phenoxy) is 6. The van der Waals surface area contributed by atoms with Gasteiger partial charge in [-0.05, 0) is 192 Å². The van der Waals surface area contributed by atoms with Crippen LogP contribution in [-0.2, 0) is 67.9 Å². The SMILES string of the molecule is [2H]C([2H])([2H])C(C)(OC(=O)C[C@@H]1C(=O)N2C[C@H](Oc3nnc(OC)c4ccccc34)C[C@H]2C(=O)C[C@]2(C(=O)NS(=O)(=O)C3(C)CC3)C[C@H]2/C=C\CC[C@@H](C)C[C@H]1CC)C([2H])([2H])[2H].[2H]C([2H])([2H])C(C)(OC(=O)C[C@@H]1C(=O)N2C[C@H](Oc3nnc(OC)c4ccccc34)C[C@H]2C(=O)C[C@]2(C(=O)NS(=O)(=O)C3(C)CC3)C[C@H]2/C=C\CC[C@H](C)C[C@H]1CC)C([2H])([2H])[2H]. The molecule has 2 saturated heterocycles. The molecule has 4 saturated carbocycles. The summed E-state index contributed by atoms with van der Waals surface area (Å²) in [5.74, 6) is -9.67. The first kappa shape index (κ1) is 67.5. The molecular weight excluding hydrogens is 1450 g/mol. The number of fused-ring (bicyclic) bond motifs is 6. The molecule has 0 bridgehead atoms. The van der Waals surface area contributed by atoms with Crippen molar-refractivity contribution in [1.82, 2.24) is 39.6 Å². The lowest BCUT2D eigenvalue weighted by atomic mass is 9.79. The van der Waals surface area contributed by atoms with Crippen LogP contribution in [0.2, 0.25) is 0 Å². The summed E-state index contributed by atoms with van der Waals surface area (Å²) in [7, 11) is -5.18. The number of allylic oxidation sites excluding steroid dienone is 4. The Labute approximate surface area is 663 Å². The minimum absolute atomic E-state index is 0.00627. The first-order valence-electron chi connectivity index (χ1n) is 44.3. The van der Waals surface area contributed by atoms with Crippen molar-refractivity contribution in [3.63, 3.8) is 0 Å². The maximum absolute atomic E-state index is 15.2.